The van der Waals surface area contributed by atoms with E-state index < -0.39 is 0 Å². The van der Waals surface area contributed by atoms with Crippen LogP contribution in [0.4, 0.5) is 0 Å². The third-order valence-electron chi connectivity index (χ3n) is 2.18. The number of likely N-dealkylation sites (N-methyl/N-ethyl adjacent to an activating group) is 1. The summed E-state index contributed by atoms with van der Waals surface area (Å²) in [6, 6.07) is 5.80. The van der Waals surface area contributed by atoms with Gasteiger partial charge in [0.1, 0.15) is 6.54 Å². The van der Waals surface area contributed by atoms with Gasteiger partial charge in [0.2, 0.25) is 5.91 Å². The van der Waals surface area contributed by atoms with Gasteiger partial charge in [-0.15, -0.1) is 0 Å². The Morgan fingerprint density at radius 1 is 1.60 bits per heavy atom. The number of hydrogen-bond donors (Lipinski definition) is 1. The monoisotopic (exact) mass is 267 g/mol. The number of imidazole rings is 1. The lowest BCUT2D eigenvalue weighted by Gasteiger charge is -2.02. The summed E-state index contributed by atoms with van der Waals surface area (Å²) in [4.78, 5) is 15.4. The van der Waals surface area contributed by atoms with Gasteiger partial charge in [-0.1, -0.05) is 15.9 Å². The number of nitrogens with zero attached hydrogens (tertiary/aromatic N) is 2. The number of rotatable bonds is 2. The first-order valence-electron chi connectivity index (χ1n) is 4.51. The van der Waals surface area contributed by atoms with Crippen LogP contribution in [0.25, 0.3) is 11.0 Å². The molecule has 0 radical (unpaired) electrons. The SMILES string of the molecule is CNC(=O)Cn1cnc2cc(Br)ccc21. The second-order valence-electron chi connectivity index (χ2n) is 3.18. The smallest absolute Gasteiger partial charge is 0.239 e. The summed E-state index contributed by atoms with van der Waals surface area (Å²) in [5.74, 6) is -0.0304. The molecule has 4 nitrogen and oxygen atoms in total. The van der Waals surface area contributed by atoms with Gasteiger partial charge < -0.3 is 9.88 Å². The summed E-state index contributed by atoms with van der Waals surface area (Å²) in [5.41, 5.74) is 1.84. The minimum Gasteiger partial charge on any atom is -0.358 e. The van der Waals surface area contributed by atoms with Crippen LogP contribution in [-0.2, 0) is 11.3 Å². The Morgan fingerprint density at radius 2 is 2.40 bits per heavy atom. The Kier molecular flexibility index (Phi) is 2.73. The molecule has 1 N–H and O–H groups in total. The predicted molar refractivity (Wildman–Crippen MR) is 61.5 cm³/mol. The third-order valence-corrected chi connectivity index (χ3v) is 2.67. The average Bonchev–Trinajstić information content (AvgIpc) is 2.60. The van der Waals surface area contributed by atoms with Crippen LogP contribution in [0.5, 0.6) is 0 Å². The number of fused-ring (bicyclic) bond motifs is 1. The molecule has 78 valence electrons. The molecule has 5 heteroatoms. The fraction of sp³-hybridized carbons (Fsp3) is 0.200. The standard InChI is InChI=1S/C10H10BrN3O/c1-12-10(15)5-14-6-13-8-4-7(11)2-3-9(8)14/h2-4,6H,5H2,1H3,(H,12,15). The fourth-order valence-electron chi connectivity index (χ4n) is 1.40. The molecule has 0 fully saturated rings. The molecule has 0 saturated carbocycles. The summed E-state index contributed by atoms with van der Waals surface area (Å²) in [6.45, 7) is 0.300. The van der Waals surface area contributed by atoms with Gasteiger partial charge in [-0.2, -0.15) is 0 Å². The number of aromatic nitrogens is 2. The van der Waals surface area contributed by atoms with Crippen LogP contribution >= 0.6 is 15.9 Å². The zero-order chi connectivity index (χ0) is 10.8. The summed E-state index contributed by atoms with van der Waals surface area (Å²) < 4.78 is 2.81. The number of carbonyl (C=O) groups excluding carboxylic acids is 1. The molecule has 0 spiro atoms. The minimum absolute atomic E-state index is 0.0304. The Balaban J connectivity index is 2.41. The van der Waals surface area contributed by atoms with Crippen LogP contribution in [0, 0.1) is 0 Å². The molecule has 0 aliphatic heterocycles. The molecular weight excluding hydrogens is 258 g/mol. The van der Waals surface area contributed by atoms with E-state index in [2.05, 4.69) is 26.2 Å². The van der Waals surface area contributed by atoms with Crippen molar-refractivity contribution in [2.45, 2.75) is 6.54 Å². The molecule has 1 aromatic heterocycles. The van der Waals surface area contributed by atoms with E-state index >= 15 is 0 Å². The summed E-state index contributed by atoms with van der Waals surface area (Å²) >= 11 is 3.38. The van der Waals surface area contributed by atoms with Gasteiger partial charge >= 0.3 is 0 Å². The Morgan fingerprint density at radius 3 is 3.13 bits per heavy atom. The maximum Gasteiger partial charge on any atom is 0.239 e. The highest BCUT2D eigenvalue weighted by Gasteiger charge is 2.05. The van der Waals surface area contributed by atoms with Crippen molar-refractivity contribution in [2.24, 2.45) is 0 Å². The van der Waals surface area contributed by atoms with Gasteiger partial charge in [-0.25, -0.2) is 4.98 Å². The lowest BCUT2D eigenvalue weighted by atomic mass is 10.3. The third kappa shape index (κ3) is 2.02. The molecule has 0 saturated heterocycles. The molecule has 2 aromatic rings. The first kappa shape index (κ1) is 10.2. The van der Waals surface area contributed by atoms with Gasteiger partial charge in [-0.3, -0.25) is 4.79 Å². The quantitative estimate of drug-likeness (QED) is 0.898. The topological polar surface area (TPSA) is 46.9 Å². The van der Waals surface area contributed by atoms with Gasteiger partial charge in [0.05, 0.1) is 17.4 Å². The van der Waals surface area contributed by atoms with Gasteiger partial charge in [0.25, 0.3) is 0 Å². The van der Waals surface area contributed by atoms with E-state index in [1.165, 1.54) is 0 Å². The molecule has 15 heavy (non-hydrogen) atoms. The highest BCUT2D eigenvalue weighted by molar-refractivity contribution is 9.10. The molecule has 1 aromatic carbocycles. The van der Waals surface area contributed by atoms with Crippen molar-refractivity contribution >= 4 is 32.9 Å². The van der Waals surface area contributed by atoms with Crippen molar-refractivity contribution in [2.75, 3.05) is 7.05 Å². The first-order valence-corrected chi connectivity index (χ1v) is 5.31. The molecule has 0 aliphatic rings. The molecule has 1 heterocycles. The highest BCUT2D eigenvalue weighted by atomic mass is 79.9. The lowest BCUT2D eigenvalue weighted by molar-refractivity contribution is -0.121. The maximum atomic E-state index is 11.2. The van der Waals surface area contributed by atoms with Crippen LogP contribution in [0.15, 0.2) is 29.0 Å². The van der Waals surface area contributed by atoms with Gasteiger partial charge in [0, 0.05) is 11.5 Å². The lowest BCUT2D eigenvalue weighted by Crippen LogP contribution is -2.22. The van der Waals surface area contributed by atoms with E-state index in [1.807, 2.05) is 22.8 Å². The Hall–Kier alpha value is -1.36. The predicted octanol–water partition coefficient (Wildman–Crippen LogP) is 1.54. The Labute approximate surface area is 95.4 Å². The number of halogens is 1. The number of amides is 1. The summed E-state index contributed by atoms with van der Waals surface area (Å²) in [5, 5.41) is 2.58. The van der Waals surface area contributed by atoms with Crippen molar-refractivity contribution in [1.82, 2.24) is 14.9 Å². The molecule has 0 bridgehead atoms. The maximum absolute atomic E-state index is 11.2. The van der Waals surface area contributed by atoms with Crippen molar-refractivity contribution in [3.05, 3.63) is 29.0 Å². The Bertz CT molecular complexity index is 506. The number of nitrogens with one attached hydrogen (secondary N) is 1. The first-order chi connectivity index (χ1) is 7.20. The number of carbonyl (C=O) groups is 1. The van der Waals surface area contributed by atoms with Crippen LogP contribution in [0.1, 0.15) is 0 Å². The molecule has 2 rings (SSSR count). The second kappa shape index (κ2) is 4.02. The zero-order valence-corrected chi connectivity index (χ0v) is 9.78. The van der Waals surface area contributed by atoms with Gasteiger partial charge in [-0.05, 0) is 18.2 Å². The van der Waals surface area contributed by atoms with Crippen LogP contribution in [0.2, 0.25) is 0 Å². The number of hydrogen-bond acceptors (Lipinski definition) is 2. The van der Waals surface area contributed by atoms with Crippen molar-refractivity contribution in [3.63, 3.8) is 0 Å². The van der Waals surface area contributed by atoms with Crippen LogP contribution < -0.4 is 5.32 Å². The van der Waals surface area contributed by atoms with Crippen molar-refractivity contribution in [3.8, 4) is 0 Å². The minimum atomic E-state index is -0.0304. The molecule has 1 amide bonds. The summed E-state index contributed by atoms with van der Waals surface area (Å²) in [6.07, 6.45) is 1.67. The molecule has 0 atom stereocenters. The van der Waals surface area contributed by atoms with E-state index in [-0.39, 0.29) is 5.91 Å². The van der Waals surface area contributed by atoms with E-state index in [0.29, 0.717) is 6.54 Å². The van der Waals surface area contributed by atoms with E-state index in [4.69, 9.17) is 0 Å². The largest absolute Gasteiger partial charge is 0.358 e. The van der Waals surface area contributed by atoms with E-state index in [1.54, 1.807) is 13.4 Å². The normalized spacial score (nSPS) is 10.5. The molecule has 0 unspecified atom stereocenters. The van der Waals surface area contributed by atoms with Crippen molar-refractivity contribution < 1.29 is 4.79 Å². The van der Waals surface area contributed by atoms with Crippen LogP contribution in [0.3, 0.4) is 0 Å². The number of benzene rings is 1. The fourth-order valence-corrected chi connectivity index (χ4v) is 1.75. The van der Waals surface area contributed by atoms with Crippen LogP contribution in [-0.4, -0.2) is 22.5 Å². The molecular formula is C10H10BrN3O. The molecule has 0 aliphatic carbocycles. The second-order valence-corrected chi connectivity index (χ2v) is 4.09. The zero-order valence-electron chi connectivity index (χ0n) is 8.20. The summed E-state index contributed by atoms with van der Waals surface area (Å²) in [7, 11) is 1.62. The average molecular weight is 268 g/mol. The van der Waals surface area contributed by atoms with E-state index in [9.17, 15) is 4.79 Å². The van der Waals surface area contributed by atoms with Crippen molar-refractivity contribution in [1.29, 1.82) is 0 Å². The highest BCUT2D eigenvalue weighted by Crippen LogP contribution is 2.18. The van der Waals surface area contributed by atoms with E-state index in [0.717, 1.165) is 15.5 Å². The van der Waals surface area contributed by atoms with Gasteiger partial charge in [0.15, 0.2) is 0 Å².